The Balaban J connectivity index is 1.67. The van der Waals surface area contributed by atoms with Gasteiger partial charge in [0, 0.05) is 6.42 Å². The Morgan fingerprint density at radius 2 is 1.77 bits per heavy atom. The van der Waals surface area contributed by atoms with Gasteiger partial charge in [0.1, 0.15) is 10.8 Å². The molecule has 5 nitrogen and oxygen atoms in total. The van der Waals surface area contributed by atoms with Crippen molar-refractivity contribution in [3.05, 3.63) is 64.4 Å². The van der Waals surface area contributed by atoms with Crippen LogP contribution in [-0.2, 0) is 6.42 Å². The second-order valence-electron chi connectivity index (χ2n) is 5.78. The second-order valence-corrected chi connectivity index (χ2v) is 6.85. The van der Waals surface area contributed by atoms with Crippen LogP contribution in [0.25, 0.3) is 0 Å². The van der Waals surface area contributed by atoms with Crippen LogP contribution in [0.5, 0.6) is 11.5 Å². The molecule has 0 amide bonds. The van der Waals surface area contributed by atoms with Gasteiger partial charge in [0.15, 0.2) is 11.5 Å². The first-order chi connectivity index (χ1) is 12.6. The summed E-state index contributed by atoms with van der Waals surface area (Å²) in [6.07, 6.45) is 0.629. The van der Waals surface area contributed by atoms with E-state index in [1.165, 1.54) is 23.5 Å². The molecule has 1 N–H and O–H groups in total. The number of anilines is 1. The predicted molar refractivity (Wildman–Crippen MR) is 101 cm³/mol. The fourth-order valence-corrected chi connectivity index (χ4v) is 3.41. The van der Waals surface area contributed by atoms with Gasteiger partial charge in [-0.25, -0.2) is 4.39 Å². The van der Waals surface area contributed by atoms with Gasteiger partial charge in [-0.15, -0.1) is 10.2 Å². The van der Waals surface area contributed by atoms with Crippen LogP contribution in [0.1, 0.15) is 29.1 Å². The summed E-state index contributed by atoms with van der Waals surface area (Å²) in [5.74, 6) is 1.14. The molecule has 0 saturated carbocycles. The van der Waals surface area contributed by atoms with Crippen molar-refractivity contribution in [3.8, 4) is 11.5 Å². The van der Waals surface area contributed by atoms with E-state index in [-0.39, 0.29) is 11.9 Å². The standard InChI is InChI=1S/C19H20FN3O2S/c1-12(14-6-9-16(24-2)17(11-14)25-3)21-19-23-22-18(26-19)10-13-4-7-15(20)8-5-13/h4-9,11-12H,10H2,1-3H3,(H,21,23). The molecule has 1 aromatic heterocycles. The number of methoxy groups -OCH3 is 2. The molecule has 1 atom stereocenters. The van der Waals surface area contributed by atoms with Gasteiger partial charge >= 0.3 is 0 Å². The van der Waals surface area contributed by atoms with Crippen LogP contribution in [0.3, 0.4) is 0 Å². The van der Waals surface area contributed by atoms with Crippen LogP contribution in [0.15, 0.2) is 42.5 Å². The van der Waals surface area contributed by atoms with Crippen LogP contribution < -0.4 is 14.8 Å². The van der Waals surface area contributed by atoms with Crippen LogP contribution in [-0.4, -0.2) is 24.4 Å². The number of aromatic nitrogens is 2. The van der Waals surface area contributed by atoms with E-state index in [1.807, 2.05) is 25.1 Å². The normalized spacial score (nSPS) is 11.8. The minimum absolute atomic E-state index is 0.0291. The van der Waals surface area contributed by atoms with Gasteiger partial charge in [-0.3, -0.25) is 0 Å². The van der Waals surface area contributed by atoms with E-state index in [0.717, 1.165) is 21.3 Å². The van der Waals surface area contributed by atoms with E-state index in [0.29, 0.717) is 17.9 Å². The zero-order valence-corrected chi connectivity index (χ0v) is 15.6. The lowest BCUT2D eigenvalue weighted by molar-refractivity contribution is 0.354. The van der Waals surface area contributed by atoms with E-state index in [1.54, 1.807) is 26.4 Å². The number of hydrogen-bond acceptors (Lipinski definition) is 6. The predicted octanol–water partition coefficient (Wildman–Crippen LogP) is 4.46. The van der Waals surface area contributed by atoms with Crippen molar-refractivity contribution in [2.45, 2.75) is 19.4 Å². The molecular weight excluding hydrogens is 353 g/mol. The van der Waals surface area contributed by atoms with E-state index in [9.17, 15) is 4.39 Å². The van der Waals surface area contributed by atoms with Crippen molar-refractivity contribution >= 4 is 16.5 Å². The number of benzene rings is 2. The van der Waals surface area contributed by atoms with E-state index >= 15 is 0 Å². The maximum absolute atomic E-state index is 13.0. The topological polar surface area (TPSA) is 56.3 Å². The summed E-state index contributed by atoms with van der Waals surface area (Å²) in [7, 11) is 3.23. The van der Waals surface area contributed by atoms with Crippen LogP contribution in [0, 0.1) is 5.82 Å². The third-order valence-electron chi connectivity index (χ3n) is 3.98. The second kappa shape index (κ2) is 8.14. The van der Waals surface area contributed by atoms with E-state index in [2.05, 4.69) is 15.5 Å². The zero-order chi connectivity index (χ0) is 18.5. The summed E-state index contributed by atoms with van der Waals surface area (Å²) in [6.45, 7) is 2.04. The number of halogens is 1. The van der Waals surface area contributed by atoms with Crippen molar-refractivity contribution in [2.75, 3.05) is 19.5 Å². The molecule has 1 heterocycles. The van der Waals surface area contributed by atoms with Crippen molar-refractivity contribution in [1.82, 2.24) is 10.2 Å². The summed E-state index contributed by atoms with van der Waals surface area (Å²) in [6, 6.07) is 12.3. The molecule has 0 aliphatic rings. The molecule has 0 radical (unpaired) electrons. The molecule has 0 saturated heterocycles. The number of nitrogens with one attached hydrogen (secondary N) is 1. The maximum Gasteiger partial charge on any atom is 0.206 e. The van der Waals surface area contributed by atoms with Crippen LogP contribution >= 0.6 is 11.3 Å². The molecule has 7 heteroatoms. The highest BCUT2D eigenvalue weighted by molar-refractivity contribution is 7.15. The molecule has 2 aromatic carbocycles. The fourth-order valence-electron chi connectivity index (χ4n) is 2.55. The Morgan fingerprint density at radius 1 is 1.04 bits per heavy atom. The van der Waals surface area contributed by atoms with Gasteiger partial charge in [0.25, 0.3) is 0 Å². The first-order valence-corrected chi connectivity index (χ1v) is 8.96. The lowest BCUT2D eigenvalue weighted by Gasteiger charge is -2.15. The Morgan fingerprint density at radius 3 is 2.46 bits per heavy atom. The smallest absolute Gasteiger partial charge is 0.206 e. The highest BCUT2D eigenvalue weighted by atomic mass is 32.1. The largest absolute Gasteiger partial charge is 0.493 e. The molecule has 0 bridgehead atoms. The zero-order valence-electron chi connectivity index (χ0n) is 14.8. The van der Waals surface area contributed by atoms with Crippen molar-refractivity contribution < 1.29 is 13.9 Å². The highest BCUT2D eigenvalue weighted by Gasteiger charge is 2.13. The van der Waals surface area contributed by atoms with Gasteiger partial charge in [0.05, 0.1) is 20.3 Å². The molecule has 3 aromatic rings. The lowest BCUT2D eigenvalue weighted by atomic mass is 10.1. The minimum atomic E-state index is -0.239. The van der Waals surface area contributed by atoms with Gasteiger partial charge < -0.3 is 14.8 Å². The summed E-state index contributed by atoms with van der Waals surface area (Å²) >= 11 is 1.49. The molecule has 0 aliphatic heterocycles. The maximum atomic E-state index is 13.0. The molecule has 0 fully saturated rings. The van der Waals surface area contributed by atoms with Crippen LogP contribution in [0.4, 0.5) is 9.52 Å². The molecule has 0 spiro atoms. The number of nitrogens with zero attached hydrogens (tertiary/aromatic N) is 2. The molecule has 3 rings (SSSR count). The van der Waals surface area contributed by atoms with E-state index < -0.39 is 0 Å². The number of rotatable bonds is 7. The molecular formula is C19H20FN3O2S. The van der Waals surface area contributed by atoms with E-state index in [4.69, 9.17) is 9.47 Å². The highest BCUT2D eigenvalue weighted by Crippen LogP contribution is 2.31. The van der Waals surface area contributed by atoms with Crippen molar-refractivity contribution in [1.29, 1.82) is 0 Å². The fraction of sp³-hybridized carbons (Fsp3) is 0.263. The van der Waals surface area contributed by atoms with Crippen LogP contribution in [0.2, 0.25) is 0 Å². The first kappa shape index (κ1) is 18.1. The summed E-state index contributed by atoms with van der Waals surface area (Å²) in [5, 5.41) is 13.4. The molecule has 26 heavy (non-hydrogen) atoms. The van der Waals surface area contributed by atoms with Gasteiger partial charge in [-0.05, 0) is 42.3 Å². The minimum Gasteiger partial charge on any atom is -0.493 e. The first-order valence-electron chi connectivity index (χ1n) is 8.14. The van der Waals surface area contributed by atoms with Gasteiger partial charge in [-0.2, -0.15) is 0 Å². The number of hydrogen-bond donors (Lipinski definition) is 1. The Kier molecular flexibility index (Phi) is 5.68. The quantitative estimate of drug-likeness (QED) is 0.663. The summed E-state index contributed by atoms with van der Waals surface area (Å²) < 4.78 is 23.6. The molecule has 0 aliphatic carbocycles. The summed E-state index contributed by atoms with van der Waals surface area (Å²) in [5.41, 5.74) is 2.06. The van der Waals surface area contributed by atoms with Crippen molar-refractivity contribution in [2.24, 2.45) is 0 Å². The average molecular weight is 373 g/mol. The Labute approximate surface area is 155 Å². The monoisotopic (exact) mass is 373 g/mol. The van der Waals surface area contributed by atoms with Gasteiger partial charge in [0.2, 0.25) is 5.13 Å². The third-order valence-corrected chi connectivity index (χ3v) is 4.84. The summed E-state index contributed by atoms with van der Waals surface area (Å²) in [4.78, 5) is 0. The lowest BCUT2D eigenvalue weighted by Crippen LogP contribution is -2.06. The number of ether oxygens (including phenoxy) is 2. The molecule has 1 unspecified atom stereocenters. The Hall–Kier alpha value is -2.67. The van der Waals surface area contributed by atoms with Crippen molar-refractivity contribution in [3.63, 3.8) is 0 Å². The molecule has 136 valence electrons. The SMILES string of the molecule is COc1ccc(C(C)Nc2nnc(Cc3ccc(F)cc3)s2)cc1OC. The average Bonchev–Trinajstić information content (AvgIpc) is 3.09. The van der Waals surface area contributed by atoms with Gasteiger partial charge in [-0.1, -0.05) is 29.5 Å². The Bertz CT molecular complexity index is 867. The third kappa shape index (κ3) is 4.29.